The molecule has 0 amide bonds. The summed E-state index contributed by atoms with van der Waals surface area (Å²) in [6, 6.07) is 39.3. The second kappa shape index (κ2) is 21.7. The minimum absolute atomic E-state index is 0.00300. The normalized spacial score (nSPS) is 13.1. The van der Waals surface area contributed by atoms with E-state index in [4.69, 9.17) is 0 Å². The smallest absolute Gasteiger partial charge is 0.195 e. The lowest BCUT2D eigenvalue weighted by Gasteiger charge is -2.23. The van der Waals surface area contributed by atoms with Gasteiger partial charge in [0.05, 0.1) is 0 Å². The molecule has 9 aromatic rings. The van der Waals surface area contributed by atoms with E-state index in [1.54, 1.807) is 59.1 Å². The Morgan fingerprint density at radius 1 is 0.362 bits per heavy atom. The van der Waals surface area contributed by atoms with E-state index in [-0.39, 0.29) is 39.6 Å². The Morgan fingerprint density at radius 2 is 0.667 bits per heavy atom. The third kappa shape index (κ3) is 10.8. The Hall–Kier alpha value is -6.00. The summed E-state index contributed by atoms with van der Waals surface area (Å²) >= 11 is 4.63. The molecule has 0 aliphatic heterocycles. The molecule has 0 aliphatic carbocycles. The maximum Gasteiger partial charge on any atom is 0.195 e. The maximum atomic E-state index is 13.9. The number of carbonyl (C=O) groups is 3. The molecule has 69 heavy (non-hydrogen) atoms. The van der Waals surface area contributed by atoms with Gasteiger partial charge in [-0.2, -0.15) is 0 Å². The predicted molar refractivity (Wildman–Crippen MR) is 292 cm³/mol. The van der Waals surface area contributed by atoms with Crippen LogP contribution in [-0.4, -0.2) is 17.3 Å². The Balaban J connectivity index is 0.871. The summed E-state index contributed by atoms with van der Waals surface area (Å²) in [5.74, 6) is 1.23. The number of benzene rings is 6. The first-order valence-corrected chi connectivity index (χ1v) is 27.0. The van der Waals surface area contributed by atoms with Crippen molar-refractivity contribution in [2.24, 2.45) is 17.8 Å². The van der Waals surface area contributed by atoms with E-state index < -0.39 is 0 Å². The van der Waals surface area contributed by atoms with Crippen LogP contribution in [-0.2, 0) is 0 Å². The molecule has 0 radical (unpaired) electrons. The van der Waals surface area contributed by atoms with Gasteiger partial charge in [-0.1, -0.05) is 113 Å². The summed E-state index contributed by atoms with van der Waals surface area (Å²) in [6.45, 7) is 4.38. The number of carbonyl (C=O) groups excluding carboxylic acids is 3. The van der Waals surface area contributed by atoms with Crippen molar-refractivity contribution < 1.29 is 14.4 Å². The molecule has 6 aromatic carbocycles. The van der Waals surface area contributed by atoms with Crippen LogP contribution in [0.4, 0.5) is 0 Å². The van der Waals surface area contributed by atoms with Gasteiger partial charge in [0.15, 0.2) is 33.6 Å². The van der Waals surface area contributed by atoms with E-state index >= 15 is 0 Å². The van der Waals surface area contributed by atoms with Crippen molar-refractivity contribution in [3.63, 3.8) is 0 Å². The zero-order valence-corrected chi connectivity index (χ0v) is 41.7. The summed E-state index contributed by atoms with van der Waals surface area (Å²) in [7, 11) is 0. The average Bonchev–Trinajstić information content (AvgIpc) is 3.37. The van der Waals surface area contributed by atoms with Crippen LogP contribution in [0.3, 0.4) is 0 Å². The van der Waals surface area contributed by atoms with Gasteiger partial charge in [0, 0.05) is 96.5 Å². The Kier molecular flexibility index (Phi) is 15.1. The van der Waals surface area contributed by atoms with Crippen LogP contribution in [0.1, 0.15) is 128 Å². The average molecular weight is 969 g/mol. The molecular formula is C60H56O6S3. The van der Waals surface area contributed by atoms with Crippen molar-refractivity contribution in [2.75, 3.05) is 0 Å². The van der Waals surface area contributed by atoms with Crippen molar-refractivity contribution in [2.45, 2.75) is 97.3 Å². The molecule has 0 aliphatic rings. The van der Waals surface area contributed by atoms with Crippen molar-refractivity contribution in [3.05, 3.63) is 175 Å². The Labute approximate surface area is 413 Å². The Morgan fingerprint density at radius 3 is 1.01 bits per heavy atom. The molecule has 0 bridgehead atoms. The van der Waals surface area contributed by atoms with Crippen molar-refractivity contribution in [3.8, 4) is 0 Å². The van der Waals surface area contributed by atoms with E-state index in [0.29, 0.717) is 80.1 Å². The summed E-state index contributed by atoms with van der Waals surface area (Å²) < 4.78 is 5.21. The first kappa shape index (κ1) is 48.0. The van der Waals surface area contributed by atoms with Gasteiger partial charge in [-0.05, 0) is 110 Å². The number of hydrogen-bond donors (Lipinski definition) is 0. The van der Waals surface area contributed by atoms with Gasteiger partial charge in [0.25, 0.3) is 0 Å². The first-order valence-electron chi connectivity index (χ1n) is 24.5. The zero-order valence-electron chi connectivity index (χ0n) is 39.2. The van der Waals surface area contributed by atoms with Gasteiger partial charge in [-0.3, -0.25) is 28.8 Å². The molecule has 9 heteroatoms. The fraction of sp³-hybridized carbons (Fsp3) is 0.300. The first-order chi connectivity index (χ1) is 33.6. The molecule has 350 valence electrons. The molecule has 0 spiro atoms. The molecule has 3 unspecified atom stereocenters. The van der Waals surface area contributed by atoms with E-state index in [0.717, 1.165) is 92.4 Å². The van der Waals surface area contributed by atoms with Crippen LogP contribution in [0.15, 0.2) is 142 Å². The lowest BCUT2D eigenvalue weighted by atomic mass is 9.82. The second-order valence-corrected chi connectivity index (χ2v) is 22.0. The molecule has 3 heterocycles. The Bertz CT molecular complexity index is 3580. The van der Waals surface area contributed by atoms with Crippen LogP contribution in [0.25, 0.3) is 60.5 Å². The van der Waals surface area contributed by atoms with Crippen LogP contribution >= 0.6 is 34.0 Å². The maximum absolute atomic E-state index is 13.9. The monoisotopic (exact) mass is 968 g/mol. The van der Waals surface area contributed by atoms with Gasteiger partial charge < -0.3 is 0 Å². The van der Waals surface area contributed by atoms with Gasteiger partial charge in [0.1, 0.15) is 0 Å². The predicted octanol–water partition coefficient (Wildman–Crippen LogP) is 15.8. The minimum atomic E-state index is -0.0115. The quantitative estimate of drug-likeness (QED) is 0.0525. The van der Waals surface area contributed by atoms with Crippen LogP contribution in [0.2, 0.25) is 0 Å². The van der Waals surface area contributed by atoms with E-state index in [1.807, 2.05) is 91.0 Å². The third-order valence-electron chi connectivity index (χ3n) is 14.3. The number of hydrogen-bond acceptors (Lipinski definition) is 9. The molecule has 0 saturated heterocycles. The van der Waals surface area contributed by atoms with Gasteiger partial charge >= 0.3 is 0 Å². The topological polar surface area (TPSA) is 102 Å². The molecule has 3 aromatic heterocycles. The molecule has 6 nitrogen and oxygen atoms in total. The summed E-state index contributed by atoms with van der Waals surface area (Å²) in [4.78, 5) is 81.0. The summed E-state index contributed by atoms with van der Waals surface area (Å²) in [5.41, 5.74) is 1.89. The highest BCUT2D eigenvalue weighted by Gasteiger charge is 2.21. The lowest BCUT2D eigenvalue weighted by Crippen LogP contribution is -2.13. The summed E-state index contributed by atoms with van der Waals surface area (Å²) in [6.07, 6.45) is 10.3. The molecule has 9 rings (SSSR count). The lowest BCUT2D eigenvalue weighted by molar-refractivity contribution is 0.0957. The van der Waals surface area contributed by atoms with Crippen LogP contribution < -0.4 is 16.3 Å². The van der Waals surface area contributed by atoms with E-state index in [9.17, 15) is 28.8 Å². The molecule has 3 atom stereocenters. The van der Waals surface area contributed by atoms with E-state index in [1.165, 1.54) is 11.3 Å². The highest BCUT2D eigenvalue weighted by atomic mass is 32.1. The summed E-state index contributed by atoms with van der Waals surface area (Å²) in [5, 5.41) is 4.02. The van der Waals surface area contributed by atoms with Crippen LogP contribution in [0, 0.1) is 17.8 Å². The fourth-order valence-corrected chi connectivity index (χ4v) is 13.5. The van der Waals surface area contributed by atoms with Crippen molar-refractivity contribution in [1.82, 2.24) is 0 Å². The number of rotatable bonds is 21. The molecule has 0 fully saturated rings. The number of ketones is 3. The second-order valence-electron chi connectivity index (χ2n) is 18.8. The molecular weight excluding hydrogens is 913 g/mol. The van der Waals surface area contributed by atoms with Gasteiger partial charge in [-0.15, -0.1) is 34.0 Å². The van der Waals surface area contributed by atoms with Gasteiger partial charge in [0.2, 0.25) is 0 Å². The molecule has 0 N–H and O–H groups in total. The van der Waals surface area contributed by atoms with Crippen molar-refractivity contribution in [1.29, 1.82) is 0 Å². The highest BCUT2D eigenvalue weighted by molar-refractivity contribution is 7.25. The van der Waals surface area contributed by atoms with Crippen molar-refractivity contribution >= 4 is 112 Å². The van der Waals surface area contributed by atoms with Gasteiger partial charge in [-0.25, -0.2) is 0 Å². The zero-order chi connectivity index (χ0) is 48.0. The third-order valence-corrected chi connectivity index (χ3v) is 17.7. The number of fused-ring (bicyclic) bond motifs is 6. The van der Waals surface area contributed by atoms with E-state index in [2.05, 4.69) is 13.8 Å². The largest absolute Gasteiger partial charge is 0.294 e. The van der Waals surface area contributed by atoms with Crippen LogP contribution in [0.5, 0.6) is 0 Å². The highest BCUT2D eigenvalue weighted by Crippen LogP contribution is 2.33. The molecule has 0 saturated carbocycles. The SMILES string of the molecule is CCCC(CCC(=O)c1ccc2c(=O)c3ccccc3sc2c1)CCC(CCC(=O)c1ccc2c(=O)c3ccccc3sc2c1)CCC(CC)CCC(=O)c1ccc2c(=O)c3ccccc3sc2c1. The fourth-order valence-electron chi connectivity index (χ4n) is 10.1. The minimum Gasteiger partial charge on any atom is -0.294 e. The standard InChI is InChI=1S/C60H56O6S3/c1-3-11-38(23-32-50(62)41-26-29-47-56(35-41)68-53-16-9-6-13-44(53)59(47)65)20-21-39(24-33-51(63)42-27-30-48-57(36-42)69-54-17-10-7-14-45(54)60(48)66)19-18-37(4-2)22-31-49(61)40-25-28-46-55(34-40)67-52-15-8-5-12-43(52)58(46)64/h5-10,12-17,25-30,34-39H,3-4,11,18-24,31-33H2,1-2H3. The number of Topliss-reactive ketones (excluding diaryl/α,β-unsaturated/α-hetero) is 3.